The summed E-state index contributed by atoms with van der Waals surface area (Å²) in [6.07, 6.45) is 5.00. The van der Waals surface area contributed by atoms with Gasteiger partial charge in [0.2, 0.25) is 0 Å². The smallest absolute Gasteiger partial charge is 0.336 e. The molecule has 0 saturated heterocycles. The first-order valence-corrected chi connectivity index (χ1v) is 12.9. The average molecular weight is 656 g/mol. The molecule has 0 spiro atoms. The molecule has 2 aromatic carbocycles. The summed E-state index contributed by atoms with van der Waals surface area (Å²) in [5, 5.41) is 28.7. The number of carbonyl (C=O) groups is 1. The summed E-state index contributed by atoms with van der Waals surface area (Å²) in [6, 6.07) is 8.03. The topological polar surface area (TPSA) is 151 Å². The monoisotopic (exact) mass is 654 g/mol. The van der Waals surface area contributed by atoms with E-state index >= 15 is 0 Å². The average Bonchev–Trinajstić information content (AvgIpc) is 2.90. The Morgan fingerprint density at radius 1 is 1.03 bits per heavy atom. The molecule has 0 aliphatic rings. The Balaban J connectivity index is 0.000000420. The van der Waals surface area contributed by atoms with Crippen molar-refractivity contribution in [2.24, 2.45) is 10.3 Å². The minimum atomic E-state index is -0.524. The number of hydrogen-bond acceptors (Lipinski definition) is 8. The largest absolute Gasteiger partial charge is 0.458 e. The number of nitro benzene ring substituents is 2. The molecule has 0 amide bonds. The van der Waals surface area contributed by atoms with Crippen molar-refractivity contribution in [1.82, 2.24) is 0 Å². The molecule has 204 valence electrons. The quantitative estimate of drug-likeness (QED) is 0.0432. The molecule has 0 atom stereocenters. The number of ether oxygens (including phenoxy) is 1. The zero-order valence-corrected chi connectivity index (χ0v) is 24.3. The van der Waals surface area contributed by atoms with Gasteiger partial charge in [-0.15, -0.1) is 0 Å². The normalized spacial score (nSPS) is 11.1. The van der Waals surface area contributed by atoms with Gasteiger partial charge in [-0.3, -0.25) is 29.9 Å². The van der Waals surface area contributed by atoms with Gasteiger partial charge in [0.1, 0.15) is 12.8 Å². The van der Waals surface area contributed by atoms with Crippen LogP contribution in [-0.4, -0.2) is 46.5 Å². The summed E-state index contributed by atoms with van der Waals surface area (Å²) in [5.41, 5.74) is 4.40. The first-order chi connectivity index (χ1) is 18.0. The molecule has 0 heterocycles. The van der Waals surface area contributed by atoms with Crippen LogP contribution >= 0.6 is 31.9 Å². The van der Waals surface area contributed by atoms with Crippen molar-refractivity contribution in [1.29, 1.82) is 0 Å². The van der Waals surface area contributed by atoms with Crippen LogP contribution in [0.2, 0.25) is 0 Å². The van der Waals surface area contributed by atoms with Crippen molar-refractivity contribution in [2.45, 2.75) is 20.8 Å². The van der Waals surface area contributed by atoms with Gasteiger partial charge in [-0.2, -0.15) is 0 Å². The van der Waals surface area contributed by atoms with Crippen LogP contribution in [0.5, 0.6) is 0 Å². The van der Waals surface area contributed by atoms with Crippen molar-refractivity contribution in [3.05, 3.63) is 95.9 Å². The molecular formula is C24H28Br2N6O6. The third-order valence-corrected chi connectivity index (χ3v) is 6.62. The fraction of sp³-hybridized carbons (Fsp3) is 0.292. The highest BCUT2D eigenvalue weighted by molar-refractivity contribution is 9.11. The zero-order chi connectivity index (χ0) is 28.7. The van der Waals surface area contributed by atoms with E-state index in [0.717, 1.165) is 24.1 Å². The number of non-ortho nitro benzene ring substituents is 2. The predicted octanol–water partition coefficient (Wildman–Crippen LogP) is 7.84. The number of rotatable bonds is 12. The Morgan fingerprint density at radius 2 is 1.58 bits per heavy atom. The number of nitrogens with zero attached hydrogens (tertiary/aromatic N) is 6. The summed E-state index contributed by atoms with van der Waals surface area (Å²) in [5.74, 6) is -0.298. The zero-order valence-electron chi connectivity index (χ0n) is 21.1. The molecular weight excluding hydrogens is 628 g/mol. The van der Waals surface area contributed by atoms with Crippen LogP contribution in [-0.2, 0) is 9.53 Å². The molecule has 0 saturated carbocycles. The summed E-state index contributed by atoms with van der Waals surface area (Å²) in [4.78, 5) is 31.5. The van der Waals surface area contributed by atoms with Gasteiger partial charge in [0, 0.05) is 33.2 Å². The summed E-state index contributed by atoms with van der Waals surface area (Å²) >= 11 is 6.32. The Bertz CT molecular complexity index is 1190. The molecule has 0 aliphatic heterocycles. The van der Waals surface area contributed by atoms with Crippen LogP contribution in [0.15, 0.2) is 80.6 Å². The van der Waals surface area contributed by atoms with Crippen LogP contribution in [0, 0.1) is 20.2 Å². The maximum absolute atomic E-state index is 11.2. The third kappa shape index (κ3) is 10.5. The van der Waals surface area contributed by atoms with Gasteiger partial charge in [-0.05, 0) is 44.3 Å². The van der Waals surface area contributed by atoms with Gasteiger partial charge in [-0.1, -0.05) is 44.5 Å². The van der Waals surface area contributed by atoms with Crippen LogP contribution in [0.25, 0.3) is 5.43 Å². The second-order valence-electron chi connectivity index (χ2n) is 7.48. The Hall–Kier alpha value is -3.49. The molecule has 0 radical (unpaired) electrons. The molecule has 2 aromatic rings. The van der Waals surface area contributed by atoms with Crippen molar-refractivity contribution in [3.63, 3.8) is 0 Å². The maximum atomic E-state index is 11.2. The van der Waals surface area contributed by atoms with Crippen molar-refractivity contribution >= 4 is 60.6 Å². The van der Waals surface area contributed by atoms with Gasteiger partial charge < -0.3 is 15.3 Å². The minimum absolute atomic E-state index is 0.0779. The molecule has 0 aromatic heterocycles. The highest BCUT2D eigenvalue weighted by atomic mass is 79.9. The van der Waals surface area contributed by atoms with Crippen LogP contribution in [0.4, 0.5) is 22.7 Å². The number of halogens is 2. The fourth-order valence-electron chi connectivity index (χ4n) is 2.89. The summed E-state index contributed by atoms with van der Waals surface area (Å²) in [7, 11) is 0. The standard InChI is InChI=1S/C12H6Br2N5O4.C12H22NO2/c13-9-5-7(18(20)21)1-3-11(9)15-17-16-12-4-2-8(19(22)23)6-10(12)14;1-5-11-15-12(14)9-10-13(6-2,7-3)8-4/h1-6H;5,9-10H,1,6-8,11H2,2-4H3/q-1;+1/b;10-9+. The molecule has 0 aliphatic carbocycles. The maximum Gasteiger partial charge on any atom is 0.336 e. The molecule has 38 heavy (non-hydrogen) atoms. The van der Waals surface area contributed by atoms with Crippen molar-refractivity contribution < 1.29 is 23.9 Å². The Morgan fingerprint density at radius 3 is 2.05 bits per heavy atom. The lowest BCUT2D eigenvalue weighted by molar-refractivity contribution is -0.874. The van der Waals surface area contributed by atoms with Gasteiger partial charge in [0.25, 0.3) is 11.4 Å². The Kier molecular flexibility index (Phi) is 14.0. The number of carbonyl (C=O) groups excluding carboxylic acids is 1. The van der Waals surface area contributed by atoms with E-state index in [1.165, 1.54) is 42.5 Å². The van der Waals surface area contributed by atoms with E-state index in [4.69, 9.17) is 4.74 Å². The molecule has 12 nitrogen and oxygen atoms in total. The number of nitro groups is 2. The van der Waals surface area contributed by atoms with E-state index in [0.29, 0.717) is 20.3 Å². The molecule has 0 N–H and O–H groups in total. The van der Waals surface area contributed by atoms with E-state index in [1.807, 2.05) is 6.20 Å². The molecule has 2 rings (SSSR count). The number of hydrogen-bond donors (Lipinski definition) is 0. The SMILES string of the molecule is C=CCOC(=O)/C=C/[N+](CC)(CC)CC.O=[N+]([O-])c1ccc(N=N[N-]c2ccc([N+](=O)[O-])cc2Br)c(Br)c1. The minimum Gasteiger partial charge on any atom is -0.458 e. The van der Waals surface area contributed by atoms with Gasteiger partial charge in [0.05, 0.1) is 35.6 Å². The number of esters is 1. The van der Waals surface area contributed by atoms with E-state index in [2.05, 4.69) is 75.0 Å². The lowest BCUT2D eigenvalue weighted by Crippen LogP contribution is -2.42. The second kappa shape index (κ2) is 16.4. The lowest BCUT2D eigenvalue weighted by Gasteiger charge is -2.31. The fourth-order valence-corrected chi connectivity index (χ4v) is 3.79. The van der Waals surface area contributed by atoms with Crippen LogP contribution in [0.3, 0.4) is 0 Å². The van der Waals surface area contributed by atoms with Gasteiger partial charge in [0.15, 0.2) is 0 Å². The van der Waals surface area contributed by atoms with E-state index in [-0.39, 0.29) is 24.0 Å². The third-order valence-electron chi connectivity index (χ3n) is 5.35. The van der Waals surface area contributed by atoms with E-state index < -0.39 is 9.85 Å². The number of benzene rings is 2. The lowest BCUT2D eigenvalue weighted by atomic mass is 10.3. The highest BCUT2D eigenvalue weighted by Crippen LogP contribution is 2.34. The molecule has 14 heteroatoms. The predicted molar refractivity (Wildman–Crippen MR) is 151 cm³/mol. The van der Waals surface area contributed by atoms with Gasteiger partial charge in [-0.25, -0.2) is 4.79 Å². The summed E-state index contributed by atoms with van der Waals surface area (Å²) in [6.45, 7) is 13.1. The number of quaternary nitrogens is 1. The van der Waals surface area contributed by atoms with Gasteiger partial charge >= 0.3 is 5.97 Å². The second-order valence-corrected chi connectivity index (χ2v) is 9.19. The van der Waals surface area contributed by atoms with Crippen molar-refractivity contribution in [3.8, 4) is 0 Å². The molecule has 0 unspecified atom stereocenters. The van der Waals surface area contributed by atoms with E-state index in [9.17, 15) is 25.0 Å². The molecule has 0 fully saturated rings. The van der Waals surface area contributed by atoms with Crippen LogP contribution in [0.1, 0.15) is 20.8 Å². The first-order valence-electron chi connectivity index (χ1n) is 11.3. The van der Waals surface area contributed by atoms with Crippen molar-refractivity contribution in [2.75, 3.05) is 26.2 Å². The van der Waals surface area contributed by atoms with E-state index in [1.54, 1.807) is 6.08 Å². The Labute approximate surface area is 237 Å². The van der Waals surface area contributed by atoms with Crippen LogP contribution < -0.4 is 0 Å². The first kappa shape index (κ1) is 32.5. The summed E-state index contributed by atoms with van der Waals surface area (Å²) < 4.78 is 6.47. The molecule has 0 bridgehead atoms. The highest BCUT2D eigenvalue weighted by Gasteiger charge is 2.17.